The first-order chi connectivity index (χ1) is 14.7. The molecule has 148 valence electrons. The van der Waals surface area contributed by atoms with Crippen LogP contribution in [-0.2, 0) is 11.2 Å². The predicted molar refractivity (Wildman–Crippen MR) is 119 cm³/mol. The van der Waals surface area contributed by atoms with Crippen LogP contribution in [-0.4, -0.2) is 24.1 Å². The summed E-state index contributed by atoms with van der Waals surface area (Å²) in [7, 11) is 0. The van der Waals surface area contributed by atoms with Gasteiger partial charge in [0.25, 0.3) is 5.91 Å². The normalized spacial score (nSPS) is 12.2. The third-order valence-electron chi connectivity index (χ3n) is 4.92. The van der Waals surface area contributed by atoms with Crippen molar-refractivity contribution >= 4 is 35.0 Å². The number of hydrogen-bond donors (Lipinski definition) is 1. The van der Waals surface area contributed by atoms with E-state index in [-0.39, 0.29) is 17.6 Å². The lowest BCUT2D eigenvalue weighted by Gasteiger charge is -2.17. The topological polar surface area (TPSA) is 73.2 Å². The van der Waals surface area contributed by atoms with Gasteiger partial charge in [-0.15, -0.1) is 11.8 Å². The lowest BCUT2D eigenvalue weighted by Crippen LogP contribution is -2.30. The van der Waals surface area contributed by atoms with Crippen LogP contribution in [0, 0.1) is 11.3 Å². The zero-order valence-corrected chi connectivity index (χ0v) is 17.0. The second-order valence-electron chi connectivity index (χ2n) is 6.86. The van der Waals surface area contributed by atoms with Crippen molar-refractivity contribution in [1.29, 1.82) is 5.26 Å². The number of hydrogen-bond acceptors (Lipinski definition) is 4. The minimum absolute atomic E-state index is 0.0295. The van der Waals surface area contributed by atoms with E-state index in [0.29, 0.717) is 23.4 Å². The van der Waals surface area contributed by atoms with Gasteiger partial charge in [-0.1, -0.05) is 36.4 Å². The van der Waals surface area contributed by atoms with E-state index < -0.39 is 0 Å². The highest BCUT2D eigenvalue weighted by Crippen LogP contribution is 2.30. The predicted octanol–water partition coefficient (Wildman–Crippen LogP) is 4.49. The second kappa shape index (κ2) is 8.85. The van der Waals surface area contributed by atoms with Crippen molar-refractivity contribution in [2.24, 2.45) is 0 Å². The van der Waals surface area contributed by atoms with Crippen LogP contribution < -0.4 is 10.2 Å². The van der Waals surface area contributed by atoms with E-state index >= 15 is 0 Å². The second-order valence-corrected chi connectivity index (χ2v) is 7.87. The van der Waals surface area contributed by atoms with Crippen LogP contribution in [0.2, 0.25) is 0 Å². The van der Waals surface area contributed by atoms with Crippen molar-refractivity contribution in [2.75, 3.05) is 22.5 Å². The number of para-hydroxylation sites is 1. The van der Waals surface area contributed by atoms with E-state index in [1.165, 1.54) is 17.3 Å². The average Bonchev–Trinajstić information content (AvgIpc) is 3.22. The molecule has 1 N–H and O–H groups in total. The molecule has 1 aliphatic rings. The number of rotatable bonds is 5. The van der Waals surface area contributed by atoms with Gasteiger partial charge < -0.3 is 10.2 Å². The number of nitriles is 1. The number of benzene rings is 3. The lowest BCUT2D eigenvalue weighted by molar-refractivity contribution is -0.116. The highest BCUT2D eigenvalue weighted by molar-refractivity contribution is 8.00. The van der Waals surface area contributed by atoms with Crippen molar-refractivity contribution in [3.8, 4) is 6.07 Å². The zero-order valence-electron chi connectivity index (χ0n) is 16.2. The molecule has 0 fully saturated rings. The van der Waals surface area contributed by atoms with Crippen molar-refractivity contribution in [1.82, 2.24) is 0 Å². The number of carbonyl (C=O) groups is 2. The summed E-state index contributed by atoms with van der Waals surface area (Å²) in [5.41, 5.74) is 3.71. The van der Waals surface area contributed by atoms with Crippen molar-refractivity contribution in [3.63, 3.8) is 0 Å². The van der Waals surface area contributed by atoms with E-state index in [1.54, 1.807) is 36.4 Å². The highest BCUT2D eigenvalue weighted by atomic mass is 32.2. The fourth-order valence-corrected chi connectivity index (χ4v) is 4.39. The Balaban J connectivity index is 1.45. The SMILES string of the molecule is N#Cc1cccc(NC(=O)c2ccccc2SCC(=O)N2CCc3ccccc32)c1. The molecule has 1 heterocycles. The van der Waals surface area contributed by atoms with Crippen molar-refractivity contribution < 1.29 is 9.59 Å². The molecule has 30 heavy (non-hydrogen) atoms. The molecule has 0 aromatic heterocycles. The quantitative estimate of drug-likeness (QED) is 0.626. The van der Waals surface area contributed by atoms with Crippen LogP contribution in [0.25, 0.3) is 0 Å². The Kier molecular flexibility index (Phi) is 5.82. The Labute approximate surface area is 179 Å². The maximum absolute atomic E-state index is 12.8. The van der Waals surface area contributed by atoms with Crippen molar-refractivity contribution in [3.05, 3.63) is 89.5 Å². The maximum Gasteiger partial charge on any atom is 0.256 e. The number of nitrogens with zero attached hydrogens (tertiary/aromatic N) is 2. The van der Waals surface area contributed by atoms with E-state index in [1.807, 2.05) is 35.2 Å². The highest BCUT2D eigenvalue weighted by Gasteiger charge is 2.24. The first kappa shape index (κ1) is 19.7. The number of anilines is 2. The Bertz CT molecular complexity index is 1150. The molecule has 0 saturated carbocycles. The molecular weight excluding hydrogens is 394 g/mol. The average molecular weight is 414 g/mol. The van der Waals surface area contributed by atoms with Gasteiger partial charge in [0.15, 0.2) is 0 Å². The smallest absolute Gasteiger partial charge is 0.256 e. The summed E-state index contributed by atoms with van der Waals surface area (Å²) in [6, 6.07) is 24.0. The standard InChI is InChI=1S/C24H19N3O2S/c25-15-17-6-5-8-19(14-17)26-24(29)20-9-2-4-11-22(20)30-16-23(28)27-13-12-18-7-1-3-10-21(18)27/h1-11,14H,12-13,16H2,(H,26,29). The summed E-state index contributed by atoms with van der Waals surface area (Å²) in [6.45, 7) is 0.691. The van der Waals surface area contributed by atoms with Crippen LogP contribution in [0.3, 0.4) is 0 Å². The van der Waals surface area contributed by atoms with Crippen molar-refractivity contribution in [2.45, 2.75) is 11.3 Å². The van der Waals surface area contributed by atoms with E-state index in [4.69, 9.17) is 5.26 Å². The molecule has 6 heteroatoms. The first-order valence-electron chi connectivity index (χ1n) is 9.57. The van der Waals surface area contributed by atoms with Gasteiger partial charge in [-0.25, -0.2) is 0 Å². The third-order valence-corrected chi connectivity index (χ3v) is 5.98. The molecule has 0 radical (unpaired) electrons. The fourth-order valence-electron chi connectivity index (χ4n) is 3.46. The van der Waals surface area contributed by atoms with Crippen LogP contribution >= 0.6 is 11.8 Å². The Morgan fingerprint density at radius 3 is 2.70 bits per heavy atom. The molecule has 2 amide bonds. The molecule has 4 rings (SSSR count). The first-order valence-corrected chi connectivity index (χ1v) is 10.6. The maximum atomic E-state index is 12.8. The van der Waals surface area contributed by atoms with Gasteiger partial charge in [0, 0.05) is 22.8 Å². The third kappa shape index (κ3) is 4.22. The van der Waals surface area contributed by atoms with Crippen LogP contribution in [0.1, 0.15) is 21.5 Å². The Morgan fingerprint density at radius 1 is 1.03 bits per heavy atom. The number of nitrogens with one attached hydrogen (secondary N) is 1. The summed E-state index contributed by atoms with van der Waals surface area (Å²) in [5.74, 6) is 0.0109. The molecular formula is C24H19N3O2S. The number of amides is 2. The molecule has 0 saturated heterocycles. The van der Waals surface area contributed by atoms with Gasteiger partial charge in [-0.3, -0.25) is 9.59 Å². The lowest BCUT2D eigenvalue weighted by atomic mass is 10.2. The molecule has 0 bridgehead atoms. The van der Waals surface area contributed by atoms with Gasteiger partial charge in [-0.2, -0.15) is 5.26 Å². The van der Waals surface area contributed by atoms with Crippen LogP contribution in [0.4, 0.5) is 11.4 Å². The summed E-state index contributed by atoms with van der Waals surface area (Å²) in [4.78, 5) is 28.2. The molecule has 0 aliphatic carbocycles. The molecule has 3 aromatic carbocycles. The summed E-state index contributed by atoms with van der Waals surface area (Å²) in [6.07, 6.45) is 0.868. The summed E-state index contributed by atoms with van der Waals surface area (Å²) < 4.78 is 0. The van der Waals surface area contributed by atoms with Gasteiger partial charge in [0.05, 0.1) is 22.9 Å². The minimum Gasteiger partial charge on any atom is -0.322 e. The van der Waals surface area contributed by atoms with E-state index in [9.17, 15) is 9.59 Å². The summed E-state index contributed by atoms with van der Waals surface area (Å²) in [5, 5.41) is 11.9. The number of thioether (sulfide) groups is 1. The molecule has 5 nitrogen and oxygen atoms in total. The molecule has 0 atom stereocenters. The van der Waals surface area contributed by atoms with E-state index in [2.05, 4.69) is 17.5 Å². The largest absolute Gasteiger partial charge is 0.322 e. The van der Waals surface area contributed by atoms with Crippen LogP contribution in [0.5, 0.6) is 0 Å². The van der Waals surface area contributed by atoms with Gasteiger partial charge in [-0.05, 0) is 48.4 Å². The monoisotopic (exact) mass is 413 g/mol. The summed E-state index contributed by atoms with van der Waals surface area (Å²) >= 11 is 1.36. The minimum atomic E-state index is -0.271. The van der Waals surface area contributed by atoms with E-state index in [0.717, 1.165) is 17.0 Å². The van der Waals surface area contributed by atoms with Gasteiger partial charge in [0.2, 0.25) is 5.91 Å². The van der Waals surface area contributed by atoms with Crippen LogP contribution in [0.15, 0.2) is 77.7 Å². The number of fused-ring (bicyclic) bond motifs is 1. The molecule has 3 aromatic rings. The molecule has 0 unspecified atom stereocenters. The molecule has 0 spiro atoms. The Morgan fingerprint density at radius 2 is 1.83 bits per heavy atom. The zero-order chi connectivity index (χ0) is 20.9. The fraction of sp³-hybridized carbons (Fsp3) is 0.125. The van der Waals surface area contributed by atoms with Gasteiger partial charge in [0.1, 0.15) is 0 Å². The molecule has 1 aliphatic heterocycles. The number of carbonyl (C=O) groups excluding carboxylic acids is 2. The Hall–Kier alpha value is -3.56. The van der Waals surface area contributed by atoms with Gasteiger partial charge >= 0.3 is 0 Å².